The number of rotatable bonds is 13. The Kier molecular flexibility index (Phi) is 17.1. The molecule has 69 heavy (non-hydrogen) atoms. The number of benzene rings is 4. The van der Waals surface area contributed by atoms with Crippen molar-refractivity contribution < 1.29 is 82.7 Å². The van der Waals surface area contributed by atoms with Crippen molar-refractivity contribution >= 4 is 68.3 Å². The molecular formula is C44H31BrCl2F8N4O10. The molecule has 0 fully saturated rings. The van der Waals surface area contributed by atoms with Crippen molar-refractivity contribution in [3.63, 3.8) is 0 Å². The van der Waals surface area contributed by atoms with E-state index >= 15 is 0 Å². The van der Waals surface area contributed by atoms with Gasteiger partial charge in [0.2, 0.25) is 0 Å². The summed E-state index contributed by atoms with van der Waals surface area (Å²) in [5.41, 5.74) is 0.793. The summed E-state index contributed by atoms with van der Waals surface area (Å²) in [5, 5.41) is 4.03. The number of hydrogen-bond donors (Lipinski definition) is 2. The Balaban J connectivity index is 0.000000258. The van der Waals surface area contributed by atoms with Crippen LogP contribution in [-0.2, 0) is 4.74 Å². The maximum atomic E-state index is 14.3. The third-order valence-corrected chi connectivity index (χ3v) is 9.98. The first-order valence-corrected chi connectivity index (χ1v) is 20.5. The van der Waals surface area contributed by atoms with Gasteiger partial charge in [0.1, 0.15) is 56.1 Å². The first kappa shape index (κ1) is 52.9. The number of methoxy groups -OCH3 is 3. The summed E-state index contributed by atoms with van der Waals surface area (Å²) in [5.74, 6) is -6.23. The molecule has 25 heteroatoms. The zero-order valence-electron chi connectivity index (χ0n) is 35.7. The second kappa shape index (κ2) is 22.3. The quantitative estimate of drug-likeness (QED) is 0.0640. The minimum atomic E-state index is -4.93. The molecule has 0 bridgehead atoms. The number of aromatic nitrogens is 2. The highest BCUT2D eigenvalue weighted by atomic mass is 79.9. The number of pyridine rings is 2. The van der Waals surface area contributed by atoms with Gasteiger partial charge in [-0.15, -0.1) is 26.3 Å². The first-order chi connectivity index (χ1) is 32.4. The number of carbonyl (C=O) groups excluding carboxylic acids is 3. The maximum Gasteiger partial charge on any atom is 0.573 e. The maximum absolute atomic E-state index is 14.3. The van der Waals surface area contributed by atoms with E-state index in [1.807, 2.05) is 0 Å². The second-order valence-electron chi connectivity index (χ2n) is 13.5. The molecule has 0 radical (unpaired) electrons. The van der Waals surface area contributed by atoms with Gasteiger partial charge in [-0.3, -0.25) is 9.59 Å². The van der Waals surface area contributed by atoms with Gasteiger partial charge in [-0.2, -0.15) is 0 Å². The van der Waals surface area contributed by atoms with E-state index in [1.54, 1.807) is 19.9 Å². The molecule has 0 spiro atoms. The predicted molar refractivity (Wildman–Crippen MR) is 235 cm³/mol. The van der Waals surface area contributed by atoms with Crippen LogP contribution in [0.25, 0.3) is 0 Å². The largest absolute Gasteiger partial charge is 0.573 e. The lowest BCUT2D eigenvalue weighted by Gasteiger charge is -2.17. The first-order valence-electron chi connectivity index (χ1n) is 18.9. The highest BCUT2D eigenvalue weighted by molar-refractivity contribution is 9.10. The van der Waals surface area contributed by atoms with Crippen LogP contribution in [0.3, 0.4) is 0 Å². The van der Waals surface area contributed by atoms with Gasteiger partial charge in [0.05, 0.1) is 31.4 Å². The number of nitrogens with zero attached hydrogens (tertiary/aromatic N) is 2. The minimum Gasteiger partial charge on any atom is -0.493 e. The fourth-order valence-corrected chi connectivity index (χ4v) is 6.45. The Bertz CT molecular complexity index is 2910. The van der Waals surface area contributed by atoms with E-state index in [2.05, 4.69) is 50.7 Å². The number of ether oxygens (including phenoxy) is 7. The third-order valence-electron chi connectivity index (χ3n) is 8.81. The molecule has 6 rings (SSSR count). The lowest BCUT2D eigenvalue weighted by Crippen LogP contribution is -2.17. The molecule has 14 nitrogen and oxygen atoms in total. The van der Waals surface area contributed by atoms with Crippen LogP contribution in [-0.4, -0.2) is 61.8 Å². The van der Waals surface area contributed by atoms with Gasteiger partial charge in [0.15, 0.2) is 23.0 Å². The van der Waals surface area contributed by atoms with Crippen LogP contribution in [0.1, 0.15) is 42.3 Å². The van der Waals surface area contributed by atoms with Gasteiger partial charge >= 0.3 is 18.7 Å². The Hall–Kier alpha value is -7.11. The highest BCUT2D eigenvalue weighted by Crippen LogP contribution is 2.41. The molecule has 0 aliphatic rings. The number of anilines is 2. The summed E-state index contributed by atoms with van der Waals surface area (Å²) in [4.78, 5) is 45.8. The van der Waals surface area contributed by atoms with E-state index in [0.717, 1.165) is 67.8 Å². The van der Waals surface area contributed by atoms with Gasteiger partial charge in [-0.1, -0.05) is 23.2 Å². The minimum absolute atomic E-state index is 0.0633. The second-order valence-corrected chi connectivity index (χ2v) is 15.1. The molecule has 4 aromatic carbocycles. The van der Waals surface area contributed by atoms with E-state index in [1.165, 1.54) is 32.7 Å². The molecule has 364 valence electrons. The summed E-state index contributed by atoms with van der Waals surface area (Å²) < 4.78 is 138. The molecular weight excluding hydrogens is 1050 g/mol. The highest BCUT2D eigenvalue weighted by Gasteiger charge is 2.33. The summed E-state index contributed by atoms with van der Waals surface area (Å²) in [6.45, 7) is 3.30. The van der Waals surface area contributed by atoms with Crippen molar-refractivity contribution in [1.82, 2.24) is 9.97 Å². The summed E-state index contributed by atoms with van der Waals surface area (Å²) in [7, 11) is 3.54. The summed E-state index contributed by atoms with van der Waals surface area (Å²) >= 11 is 15.3. The molecule has 0 aliphatic carbocycles. The van der Waals surface area contributed by atoms with Gasteiger partial charge in [-0.25, -0.2) is 23.5 Å². The summed E-state index contributed by atoms with van der Waals surface area (Å²) in [6.07, 6.45) is -6.99. The van der Waals surface area contributed by atoms with Crippen molar-refractivity contribution in [3.05, 3.63) is 139 Å². The van der Waals surface area contributed by atoms with Crippen LogP contribution in [0.2, 0.25) is 10.0 Å². The van der Waals surface area contributed by atoms with Gasteiger partial charge < -0.3 is 43.8 Å². The standard InChI is InChI=1S/C23H17ClF4N2O6.C21H14BrClF4N2O4/c1-11-10-29-15(22(32)34-3)9-14(11)30-21(31)19-17(7-5-13(25)20(19)24)35-16-6-4-12(8-18(16)33-2)36-23(26,27)28;1-10-9-28-17(22)8-13(10)29-20(30)18-15(6-4-12(24)19(18)23)32-14-5-3-11(7-16(14)31-2)33-21(25,26)27/h4-10H,1-3H3,(H,29,30,31);3-9H,1-2H3,(H,28,29,30). The lowest BCUT2D eigenvalue weighted by atomic mass is 10.1. The van der Waals surface area contributed by atoms with Crippen LogP contribution >= 0.6 is 39.1 Å². The molecule has 0 saturated carbocycles. The van der Waals surface area contributed by atoms with Crippen molar-refractivity contribution in [1.29, 1.82) is 0 Å². The molecule has 2 amide bonds. The summed E-state index contributed by atoms with van der Waals surface area (Å²) in [6, 6.07) is 13.1. The zero-order valence-corrected chi connectivity index (χ0v) is 38.8. The molecule has 2 heterocycles. The zero-order chi connectivity index (χ0) is 51.0. The molecule has 0 aliphatic heterocycles. The van der Waals surface area contributed by atoms with E-state index in [-0.39, 0.29) is 51.4 Å². The molecule has 0 atom stereocenters. The van der Waals surface area contributed by atoms with Crippen LogP contribution in [0.15, 0.2) is 89.8 Å². The van der Waals surface area contributed by atoms with Crippen molar-refractivity contribution in [2.75, 3.05) is 32.0 Å². The Morgan fingerprint density at radius 1 is 0.580 bits per heavy atom. The van der Waals surface area contributed by atoms with E-state index in [9.17, 15) is 49.5 Å². The topological polar surface area (TPSA) is 166 Å². The fourth-order valence-electron chi connectivity index (χ4n) is 5.63. The number of aryl methyl sites for hydroxylation is 2. The number of hydrogen-bond acceptors (Lipinski definition) is 12. The molecule has 0 saturated heterocycles. The van der Waals surface area contributed by atoms with Crippen LogP contribution in [0, 0.1) is 25.5 Å². The monoisotopic (exact) mass is 1080 g/mol. The molecule has 0 unspecified atom stereocenters. The van der Waals surface area contributed by atoms with Gasteiger partial charge in [-0.05, 0) is 102 Å². The molecule has 2 N–H and O–H groups in total. The van der Waals surface area contributed by atoms with Crippen molar-refractivity contribution in [3.8, 4) is 46.0 Å². The van der Waals surface area contributed by atoms with E-state index in [4.69, 9.17) is 42.1 Å². The normalized spacial score (nSPS) is 11.1. The third kappa shape index (κ3) is 14.0. The average molecular weight is 1080 g/mol. The average Bonchev–Trinajstić information content (AvgIpc) is 3.28. The van der Waals surface area contributed by atoms with Gasteiger partial charge in [0, 0.05) is 35.9 Å². The predicted octanol–water partition coefficient (Wildman–Crippen LogP) is 12.8. The number of esters is 1. The fraction of sp³-hybridized carbons (Fsp3) is 0.159. The number of nitrogens with one attached hydrogen (secondary N) is 2. The van der Waals surface area contributed by atoms with Crippen LogP contribution < -0.4 is 39.1 Å². The number of carbonyl (C=O) groups is 3. The Labute approximate surface area is 403 Å². The van der Waals surface area contributed by atoms with E-state index < -0.39 is 69.3 Å². The van der Waals surface area contributed by atoms with Gasteiger partial charge in [0.25, 0.3) is 11.8 Å². The van der Waals surface area contributed by atoms with Crippen LogP contribution in [0.4, 0.5) is 46.5 Å². The Morgan fingerprint density at radius 2 is 0.986 bits per heavy atom. The SMILES string of the molecule is COC(=O)c1cc(NC(=O)c2c(Oc3ccc(OC(F)(F)F)cc3OC)ccc(F)c2Cl)c(C)cn1.COc1cc(OC(F)(F)F)ccc1Oc1ccc(F)c(Cl)c1C(=O)Nc1cc(Br)ncc1C. The Morgan fingerprint density at radius 3 is 1.39 bits per heavy atom. The van der Waals surface area contributed by atoms with Crippen molar-refractivity contribution in [2.24, 2.45) is 0 Å². The van der Waals surface area contributed by atoms with Crippen LogP contribution in [0.5, 0.6) is 46.0 Å². The lowest BCUT2D eigenvalue weighted by molar-refractivity contribution is -0.275. The van der Waals surface area contributed by atoms with E-state index in [0.29, 0.717) is 21.4 Å². The smallest absolute Gasteiger partial charge is 0.493 e. The molecule has 6 aromatic rings. The molecule has 2 aromatic heterocycles. The number of halogens is 11. The number of alkyl halides is 6. The van der Waals surface area contributed by atoms with Crippen molar-refractivity contribution in [2.45, 2.75) is 26.6 Å². The number of amides is 2.